The van der Waals surface area contributed by atoms with Gasteiger partial charge in [0.2, 0.25) is 11.1 Å². The molecule has 35 heavy (non-hydrogen) atoms. The lowest BCUT2D eigenvalue weighted by Gasteiger charge is -2.07. The highest BCUT2D eigenvalue weighted by Crippen LogP contribution is 2.20. The molecule has 0 unspecified atom stereocenters. The van der Waals surface area contributed by atoms with Gasteiger partial charge in [-0.1, -0.05) is 88.3 Å². The molecule has 0 bridgehead atoms. The summed E-state index contributed by atoms with van der Waals surface area (Å²) in [6.45, 7) is 2.24. The van der Waals surface area contributed by atoms with Gasteiger partial charge in [-0.05, 0) is 53.2 Å². The Morgan fingerprint density at radius 2 is 1.51 bits per heavy atom. The molecule has 0 fully saturated rings. The zero-order chi connectivity index (χ0) is 24.7. The van der Waals surface area contributed by atoms with Crippen LogP contribution >= 0.6 is 11.8 Å². The van der Waals surface area contributed by atoms with Crippen LogP contribution in [0.1, 0.15) is 81.5 Å². The smallest absolute Gasteiger partial charge is 0.224 e. The lowest BCUT2D eigenvalue weighted by Crippen LogP contribution is -2.11. The Bertz CT molecular complexity index is 1040. The van der Waals surface area contributed by atoms with Crippen LogP contribution < -0.4 is 5.32 Å². The van der Waals surface area contributed by atoms with Gasteiger partial charge in [0.25, 0.3) is 0 Å². The van der Waals surface area contributed by atoms with E-state index in [4.69, 9.17) is 0 Å². The first-order chi connectivity index (χ1) is 17.2. The number of thioether (sulfide) groups is 1. The lowest BCUT2D eigenvalue weighted by molar-refractivity contribution is -0.116. The molecular formula is C27H35N5O2S. The lowest BCUT2D eigenvalue weighted by atomic mass is 10.1. The second-order valence-electron chi connectivity index (χ2n) is 8.62. The average Bonchev–Trinajstić information content (AvgIpc) is 3.36. The van der Waals surface area contributed by atoms with Gasteiger partial charge in [0.1, 0.15) is 0 Å². The molecule has 7 nitrogen and oxygen atoms in total. The predicted octanol–water partition coefficient (Wildman–Crippen LogP) is 6.50. The highest BCUT2D eigenvalue weighted by atomic mass is 32.2. The number of hydrogen-bond acceptors (Lipinski definition) is 6. The first-order valence-corrected chi connectivity index (χ1v) is 13.6. The molecule has 3 aromatic rings. The van der Waals surface area contributed by atoms with Gasteiger partial charge in [-0.25, -0.2) is 0 Å². The van der Waals surface area contributed by atoms with Crippen molar-refractivity contribution >= 4 is 29.1 Å². The Balaban J connectivity index is 1.36. The van der Waals surface area contributed by atoms with E-state index in [0.29, 0.717) is 22.8 Å². The summed E-state index contributed by atoms with van der Waals surface area (Å²) in [5.74, 6) is 0.220. The highest BCUT2D eigenvalue weighted by molar-refractivity contribution is 7.99. The minimum absolute atomic E-state index is 0.0230. The van der Waals surface area contributed by atoms with Gasteiger partial charge >= 0.3 is 0 Å². The van der Waals surface area contributed by atoms with Crippen LogP contribution in [-0.4, -0.2) is 37.7 Å². The summed E-state index contributed by atoms with van der Waals surface area (Å²) >= 11 is 1.29. The Hall–Kier alpha value is -3.00. The molecule has 0 radical (unpaired) electrons. The largest absolute Gasteiger partial charge is 0.326 e. The number of carbonyl (C=O) groups is 2. The number of unbranched alkanes of at least 4 members (excludes halogenated alkanes) is 8. The second kappa shape index (κ2) is 15.1. The third-order valence-corrected chi connectivity index (χ3v) is 6.69. The van der Waals surface area contributed by atoms with Crippen LogP contribution in [0.15, 0.2) is 59.8 Å². The number of ketones is 1. The molecule has 0 saturated carbocycles. The molecular weight excluding hydrogens is 458 g/mol. The van der Waals surface area contributed by atoms with E-state index >= 15 is 0 Å². The zero-order valence-corrected chi connectivity index (χ0v) is 21.3. The van der Waals surface area contributed by atoms with Crippen molar-refractivity contribution in [1.82, 2.24) is 20.2 Å². The molecule has 1 amide bonds. The van der Waals surface area contributed by atoms with E-state index in [-0.39, 0.29) is 17.4 Å². The number of hydrogen-bond donors (Lipinski definition) is 1. The molecule has 1 aromatic heterocycles. The number of tetrazole rings is 1. The summed E-state index contributed by atoms with van der Waals surface area (Å²) in [6, 6.07) is 16.6. The third kappa shape index (κ3) is 9.28. The van der Waals surface area contributed by atoms with Gasteiger partial charge in [0.15, 0.2) is 5.78 Å². The Morgan fingerprint density at radius 3 is 2.20 bits per heavy atom. The van der Waals surface area contributed by atoms with Crippen molar-refractivity contribution < 1.29 is 9.59 Å². The van der Waals surface area contributed by atoms with Gasteiger partial charge < -0.3 is 5.32 Å². The number of aromatic nitrogens is 4. The maximum atomic E-state index is 12.6. The van der Waals surface area contributed by atoms with Gasteiger partial charge in [-0.15, -0.1) is 5.10 Å². The number of benzene rings is 2. The molecule has 0 aliphatic heterocycles. The molecule has 0 spiro atoms. The molecule has 186 valence electrons. The molecule has 0 atom stereocenters. The van der Waals surface area contributed by atoms with Crippen LogP contribution in [0.2, 0.25) is 0 Å². The standard InChI is InChI=1S/C27H35N5O2S/c1-2-3-4-5-6-7-8-9-13-16-26(34)28-23-19-17-22(18-20-23)25(33)21-35-27-29-30-31-32(27)24-14-11-10-12-15-24/h10-12,14-15,17-20H,2-9,13,16,21H2,1H3,(H,28,34). The molecule has 2 aromatic carbocycles. The molecule has 1 heterocycles. The maximum absolute atomic E-state index is 12.6. The molecule has 0 aliphatic carbocycles. The topological polar surface area (TPSA) is 89.8 Å². The Morgan fingerprint density at radius 1 is 0.857 bits per heavy atom. The first-order valence-electron chi connectivity index (χ1n) is 12.6. The molecule has 1 N–H and O–H groups in total. The number of para-hydroxylation sites is 1. The zero-order valence-electron chi connectivity index (χ0n) is 20.5. The molecule has 0 aliphatic rings. The summed E-state index contributed by atoms with van der Waals surface area (Å²) in [7, 11) is 0. The molecule has 0 saturated heterocycles. The summed E-state index contributed by atoms with van der Waals surface area (Å²) in [6.07, 6.45) is 11.6. The fourth-order valence-corrected chi connectivity index (χ4v) is 4.56. The van der Waals surface area contributed by atoms with E-state index in [2.05, 4.69) is 27.8 Å². The van der Waals surface area contributed by atoms with E-state index in [0.717, 1.165) is 18.5 Å². The SMILES string of the molecule is CCCCCCCCCCCC(=O)Nc1ccc(C(=O)CSc2nnnn2-c2ccccc2)cc1. The fraction of sp³-hybridized carbons (Fsp3) is 0.444. The quantitative estimate of drug-likeness (QED) is 0.139. The summed E-state index contributed by atoms with van der Waals surface area (Å²) in [5, 5.41) is 15.3. The Labute approximate surface area is 212 Å². The normalized spacial score (nSPS) is 10.9. The van der Waals surface area contributed by atoms with Crippen molar-refractivity contribution in [2.45, 2.75) is 76.3 Å². The van der Waals surface area contributed by atoms with Crippen molar-refractivity contribution in [3.05, 3.63) is 60.2 Å². The number of carbonyl (C=O) groups excluding carboxylic acids is 2. The molecule has 3 rings (SSSR count). The monoisotopic (exact) mass is 493 g/mol. The number of nitrogens with one attached hydrogen (secondary N) is 1. The second-order valence-corrected chi connectivity index (χ2v) is 9.57. The van der Waals surface area contributed by atoms with E-state index in [1.165, 1.54) is 56.7 Å². The van der Waals surface area contributed by atoms with Crippen LogP contribution in [0.3, 0.4) is 0 Å². The van der Waals surface area contributed by atoms with E-state index < -0.39 is 0 Å². The summed E-state index contributed by atoms with van der Waals surface area (Å²) < 4.78 is 1.62. The van der Waals surface area contributed by atoms with Crippen molar-refractivity contribution in [3.8, 4) is 5.69 Å². The van der Waals surface area contributed by atoms with Crippen molar-refractivity contribution in [2.75, 3.05) is 11.1 Å². The number of Topliss-reactive ketones (excluding diaryl/α,β-unsaturated/α-hetero) is 1. The van der Waals surface area contributed by atoms with Crippen molar-refractivity contribution in [2.24, 2.45) is 0 Å². The third-order valence-electron chi connectivity index (χ3n) is 5.77. The number of anilines is 1. The van der Waals surface area contributed by atoms with Gasteiger partial charge in [-0.2, -0.15) is 4.68 Å². The first kappa shape index (κ1) is 26.6. The summed E-state index contributed by atoms with van der Waals surface area (Å²) in [4.78, 5) is 24.9. The van der Waals surface area contributed by atoms with Crippen LogP contribution in [0.5, 0.6) is 0 Å². The number of rotatable bonds is 16. The van der Waals surface area contributed by atoms with Crippen LogP contribution in [-0.2, 0) is 4.79 Å². The van der Waals surface area contributed by atoms with Gasteiger partial charge in [0, 0.05) is 17.7 Å². The summed E-state index contributed by atoms with van der Waals surface area (Å²) in [5.41, 5.74) is 2.14. The number of nitrogens with zero attached hydrogens (tertiary/aromatic N) is 4. The maximum Gasteiger partial charge on any atom is 0.224 e. The Kier molecular flexibility index (Phi) is 11.5. The van der Waals surface area contributed by atoms with Gasteiger partial charge in [-0.3, -0.25) is 9.59 Å². The van der Waals surface area contributed by atoms with Crippen LogP contribution in [0.4, 0.5) is 5.69 Å². The minimum Gasteiger partial charge on any atom is -0.326 e. The molecule has 8 heteroatoms. The fourth-order valence-electron chi connectivity index (χ4n) is 3.77. The van der Waals surface area contributed by atoms with Crippen molar-refractivity contribution in [1.29, 1.82) is 0 Å². The average molecular weight is 494 g/mol. The van der Waals surface area contributed by atoms with Crippen molar-refractivity contribution in [3.63, 3.8) is 0 Å². The highest BCUT2D eigenvalue weighted by Gasteiger charge is 2.13. The van der Waals surface area contributed by atoms with Crippen LogP contribution in [0.25, 0.3) is 5.69 Å². The predicted molar refractivity (Wildman–Crippen MR) is 141 cm³/mol. The minimum atomic E-state index is -0.0230. The van der Waals surface area contributed by atoms with E-state index in [1.807, 2.05) is 30.3 Å². The van der Waals surface area contributed by atoms with Crippen LogP contribution in [0, 0.1) is 0 Å². The van der Waals surface area contributed by atoms with E-state index in [9.17, 15) is 9.59 Å². The number of amides is 1. The van der Waals surface area contributed by atoms with Gasteiger partial charge in [0.05, 0.1) is 11.4 Å². The van der Waals surface area contributed by atoms with E-state index in [1.54, 1.807) is 28.9 Å².